The number of nitrogens with one attached hydrogen (secondary N) is 2. The molecule has 6 heteroatoms. The first-order valence-corrected chi connectivity index (χ1v) is 7.02. The minimum Gasteiger partial charge on any atom is -0.481 e. The molecule has 0 saturated heterocycles. The predicted molar refractivity (Wildman–Crippen MR) is 80.3 cm³/mol. The zero-order valence-corrected chi connectivity index (χ0v) is 12.1. The van der Waals surface area contributed by atoms with E-state index in [0.717, 1.165) is 10.1 Å². The highest BCUT2D eigenvalue weighted by molar-refractivity contribution is 7.17. The number of rotatable bonds is 4. The summed E-state index contributed by atoms with van der Waals surface area (Å²) in [7, 11) is 0. The Bertz CT molecular complexity index is 649. The molecule has 0 radical (unpaired) electrons. The molecule has 0 aliphatic heterocycles. The van der Waals surface area contributed by atoms with Gasteiger partial charge in [-0.2, -0.15) is 0 Å². The Balaban J connectivity index is 2.02. The summed E-state index contributed by atoms with van der Waals surface area (Å²) >= 11 is 1.64. The van der Waals surface area contributed by atoms with Crippen LogP contribution in [0.1, 0.15) is 20.3 Å². The van der Waals surface area contributed by atoms with Gasteiger partial charge < -0.3 is 15.7 Å². The van der Waals surface area contributed by atoms with Crippen molar-refractivity contribution in [2.45, 2.75) is 25.8 Å². The van der Waals surface area contributed by atoms with Gasteiger partial charge in [-0.25, -0.2) is 4.79 Å². The number of anilines is 1. The summed E-state index contributed by atoms with van der Waals surface area (Å²) in [4.78, 5) is 22.6. The third-order valence-corrected chi connectivity index (χ3v) is 3.65. The molecule has 2 aromatic rings. The number of carboxylic acid groups (broad SMARTS) is 1. The Labute approximate surface area is 120 Å². The zero-order valence-electron chi connectivity index (χ0n) is 11.3. The molecule has 5 nitrogen and oxygen atoms in total. The van der Waals surface area contributed by atoms with Crippen molar-refractivity contribution < 1.29 is 14.7 Å². The van der Waals surface area contributed by atoms with Gasteiger partial charge in [0.1, 0.15) is 0 Å². The van der Waals surface area contributed by atoms with E-state index in [-0.39, 0.29) is 6.42 Å². The normalized spacial score (nSPS) is 11.3. The fraction of sp³-hybridized carbons (Fsp3) is 0.286. The Kier molecular flexibility index (Phi) is 3.94. The lowest BCUT2D eigenvalue weighted by Crippen LogP contribution is -2.46. The average molecular weight is 292 g/mol. The van der Waals surface area contributed by atoms with Crippen LogP contribution in [0.15, 0.2) is 29.6 Å². The quantitative estimate of drug-likeness (QED) is 0.809. The third kappa shape index (κ3) is 3.71. The Morgan fingerprint density at radius 1 is 1.30 bits per heavy atom. The maximum atomic E-state index is 11.9. The van der Waals surface area contributed by atoms with E-state index in [1.807, 2.05) is 29.6 Å². The van der Waals surface area contributed by atoms with Crippen LogP contribution in [0.4, 0.5) is 10.5 Å². The summed E-state index contributed by atoms with van der Waals surface area (Å²) in [6, 6.07) is 7.22. The van der Waals surface area contributed by atoms with Crippen molar-refractivity contribution in [3.05, 3.63) is 29.6 Å². The summed E-state index contributed by atoms with van der Waals surface area (Å²) in [6.45, 7) is 3.34. The van der Waals surface area contributed by atoms with Crippen LogP contribution >= 0.6 is 11.3 Å². The maximum Gasteiger partial charge on any atom is 0.319 e. The SMILES string of the molecule is CC(C)(CC(=O)O)NC(=O)Nc1ccc2sccc2c1. The largest absolute Gasteiger partial charge is 0.481 e. The van der Waals surface area contributed by atoms with Crippen molar-refractivity contribution in [3.8, 4) is 0 Å². The van der Waals surface area contributed by atoms with Crippen LogP contribution < -0.4 is 10.6 Å². The van der Waals surface area contributed by atoms with Gasteiger partial charge in [0.25, 0.3) is 0 Å². The minimum atomic E-state index is -0.949. The number of aliphatic carboxylic acids is 1. The molecule has 0 saturated carbocycles. The Morgan fingerprint density at radius 3 is 2.75 bits per heavy atom. The first-order valence-electron chi connectivity index (χ1n) is 6.14. The van der Waals surface area contributed by atoms with Gasteiger partial charge in [0.15, 0.2) is 0 Å². The van der Waals surface area contributed by atoms with E-state index in [0.29, 0.717) is 5.69 Å². The molecular formula is C14H16N2O3S. The lowest BCUT2D eigenvalue weighted by atomic mass is 10.0. The molecule has 2 amide bonds. The molecule has 0 bridgehead atoms. The van der Waals surface area contributed by atoms with Crippen LogP contribution in [0.2, 0.25) is 0 Å². The van der Waals surface area contributed by atoms with Crippen molar-refractivity contribution in [1.82, 2.24) is 5.32 Å². The van der Waals surface area contributed by atoms with E-state index in [1.54, 1.807) is 25.2 Å². The molecule has 106 valence electrons. The molecule has 0 unspecified atom stereocenters. The molecule has 0 aliphatic carbocycles. The molecule has 0 fully saturated rings. The highest BCUT2D eigenvalue weighted by Gasteiger charge is 2.23. The van der Waals surface area contributed by atoms with Crippen molar-refractivity contribution >= 4 is 39.1 Å². The topological polar surface area (TPSA) is 78.4 Å². The lowest BCUT2D eigenvalue weighted by molar-refractivity contribution is -0.138. The summed E-state index contributed by atoms with van der Waals surface area (Å²) in [6.07, 6.45) is -0.135. The van der Waals surface area contributed by atoms with E-state index in [1.165, 1.54) is 0 Å². The van der Waals surface area contributed by atoms with Gasteiger partial charge in [-0.3, -0.25) is 4.79 Å². The van der Waals surface area contributed by atoms with Gasteiger partial charge in [0.2, 0.25) is 0 Å². The van der Waals surface area contributed by atoms with E-state index in [2.05, 4.69) is 10.6 Å². The number of carbonyl (C=O) groups is 2. The molecular weight excluding hydrogens is 276 g/mol. The molecule has 1 aromatic heterocycles. The van der Waals surface area contributed by atoms with Crippen LogP contribution in [0, 0.1) is 0 Å². The smallest absolute Gasteiger partial charge is 0.319 e. The zero-order chi connectivity index (χ0) is 14.8. The van der Waals surface area contributed by atoms with Crippen molar-refractivity contribution in [2.75, 3.05) is 5.32 Å². The van der Waals surface area contributed by atoms with E-state index in [9.17, 15) is 9.59 Å². The molecule has 1 aromatic carbocycles. The van der Waals surface area contributed by atoms with Crippen LogP contribution in [-0.4, -0.2) is 22.6 Å². The number of benzene rings is 1. The Morgan fingerprint density at radius 2 is 2.05 bits per heavy atom. The van der Waals surface area contributed by atoms with Gasteiger partial charge in [-0.05, 0) is 48.9 Å². The summed E-state index contributed by atoms with van der Waals surface area (Å²) in [5, 5.41) is 17.2. The highest BCUT2D eigenvalue weighted by atomic mass is 32.1. The number of hydrogen-bond donors (Lipinski definition) is 3. The van der Waals surface area contributed by atoms with Gasteiger partial charge in [-0.1, -0.05) is 0 Å². The van der Waals surface area contributed by atoms with E-state index in [4.69, 9.17) is 5.11 Å². The Hall–Kier alpha value is -2.08. The molecule has 20 heavy (non-hydrogen) atoms. The van der Waals surface area contributed by atoms with Gasteiger partial charge in [-0.15, -0.1) is 11.3 Å². The van der Waals surface area contributed by atoms with Crippen molar-refractivity contribution in [2.24, 2.45) is 0 Å². The number of carboxylic acids is 1. The number of fused-ring (bicyclic) bond motifs is 1. The molecule has 1 heterocycles. The number of hydrogen-bond acceptors (Lipinski definition) is 3. The first kappa shape index (κ1) is 14.3. The minimum absolute atomic E-state index is 0.135. The molecule has 0 spiro atoms. The van der Waals surface area contributed by atoms with Crippen LogP contribution in [-0.2, 0) is 4.79 Å². The number of carbonyl (C=O) groups excluding carboxylic acids is 1. The van der Waals surface area contributed by atoms with Gasteiger partial charge in [0, 0.05) is 15.9 Å². The second-order valence-corrected chi connectivity index (χ2v) is 6.15. The summed E-state index contributed by atoms with van der Waals surface area (Å²) < 4.78 is 1.15. The lowest BCUT2D eigenvalue weighted by Gasteiger charge is -2.24. The van der Waals surface area contributed by atoms with Crippen LogP contribution in [0.25, 0.3) is 10.1 Å². The summed E-state index contributed by atoms with van der Waals surface area (Å²) in [5.74, 6) is -0.949. The maximum absolute atomic E-state index is 11.9. The number of amides is 2. The van der Waals surface area contributed by atoms with Crippen LogP contribution in [0.5, 0.6) is 0 Å². The number of urea groups is 1. The molecule has 0 atom stereocenters. The second-order valence-electron chi connectivity index (χ2n) is 5.21. The first-order chi connectivity index (χ1) is 9.35. The standard InChI is InChI=1S/C14H16N2O3S/c1-14(2,8-12(17)18)16-13(19)15-10-3-4-11-9(7-10)5-6-20-11/h3-7H,8H2,1-2H3,(H,17,18)(H2,15,16,19). The van der Waals surface area contributed by atoms with Crippen LogP contribution in [0.3, 0.4) is 0 Å². The fourth-order valence-electron chi connectivity index (χ4n) is 1.94. The second kappa shape index (κ2) is 5.50. The highest BCUT2D eigenvalue weighted by Crippen LogP contribution is 2.24. The van der Waals surface area contributed by atoms with Crippen molar-refractivity contribution in [1.29, 1.82) is 0 Å². The van der Waals surface area contributed by atoms with Gasteiger partial charge >= 0.3 is 12.0 Å². The monoisotopic (exact) mass is 292 g/mol. The fourth-order valence-corrected chi connectivity index (χ4v) is 2.71. The third-order valence-electron chi connectivity index (χ3n) is 2.76. The average Bonchev–Trinajstić information content (AvgIpc) is 2.72. The predicted octanol–water partition coefficient (Wildman–Crippen LogP) is 3.28. The number of thiophene rings is 1. The molecule has 2 rings (SSSR count). The van der Waals surface area contributed by atoms with E-state index >= 15 is 0 Å². The van der Waals surface area contributed by atoms with Gasteiger partial charge in [0.05, 0.1) is 6.42 Å². The summed E-state index contributed by atoms with van der Waals surface area (Å²) in [5.41, 5.74) is -0.123. The molecule has 3 N–H and O–H groups in total. The molecule has 0 aliphatic rings. The van der Waals surface area contributed by atoms with Crippen molar-refractivity contribution in [3.63, 3.8) is 0 Å². The van der Waals surface area contributed by atoms with E-state index < -0.39 is 17.5 Å².